The van der Waals surface area contributed by atoms with E-state index in [9.17, 15) is 17.1 Å². The predicted octanol–water partition coefficient (Wildman–Crippen LogP) is 2.22. The van der Waals surface area contributed by atoms with Gasteiger partial charge in [0.15, 0.2) is 0 Å². The highest BCUT2D eigenvalue weighted by Crippen LogP contribution is 2.18. The van der Waals surface area contributed by atoms with Crippen LogP contribution in [0.3, 0.4) is 0 Å². The summed E-state index contributed by atoms with van der Waals surface area (Å²) >= 11 is 0. The van der Waals surface area contributed by atoms with Gasteiger partial charge in [0.25, 0.3) is 0 Å². The lowest BCUT2D eigenvalue weighted by atomic mass is 10.1. The van der Waals surface area contributed by atoms with Gasteiger partial charge < -0.3 is 4.74 Å². The fourth-order valence-electron chi connectivity index (χ4n) is 1.25. The summed E-state index contributed by atoms with van der Waals surface area (Å²) in [4.78, 5) is 11.1. The fourth-order valence-corrected chi connectivity index (χ4v) is 1.74. The summed E-state index contributed by atoms with van der Waals surface area (Å²) in [6, 6.07) is 3.45. The average molecular weight is 260 g/mol. The van der Waals surface area contributed by atoms with E-state index in [0.29, 0.717) is 5.56 Å². The van der Waals surface area contributed by atoms with Crippen molar-refractivity contribution in [1.29, 1.82) is 0 Å². The van der Waals surface area contributed by atoms with E-state index in [4.69, 9.17) is 4.74 Å². The second kappa shape index (κ2) is 4.83. The van der Waals surface area contributed by atoms with Gasteiger partial charge in [0.05, 0.1) is 16.6 Å². The summed E-state index contributed by atoms with van der Waals surface area (Å²) in [6.45, 7) is 4.96. The van der Waals surface area contributed by atoms with Gasteiger partial charge in [0.1, 0.15) is 0 Å². The molecular formula is C11H13FO4S. The summed E-state index contributed by atoms with van der Waals surface area (Å²) in [6.07, 6.45) is -0.326. The molecule has 0 aliphatic heterocycles. The Kier molecular flexibility index (Phi) is 3.87. The predicted molar refractivity (Wildman–Crippen MR) is 60.0 cm³/mol. The van der Waals surface area contributed by atoms with Crippen LogP contribution < -0.4 is 0 Å². The number of esters is 1. The first kappa shape index (κ1) is 13.6. The Morgan fingerprint density at radius 1 is 1.35 bits per heavy atom. The molecule has 17 heavy (non-hydrogen) atoms. The Morgan fingerprint density at radius 3 is 2.41 bits per heavy atom. The summed E-state index contributed by atoms with van der Waals surface area (Å²) in [5.74, 6) is -0.664. The van der Waals surface area contributed by atoms with Crippen LogP contribution >= 0.6 is 0 Å². The summed E-state index contributed by atoms with van der Waals surface area (Å²) in [5, 5.41) is 0. The third-order valence-corrected chi connectivity index (χ3v) is 2.87. The van der Waals surface area contributed by atoms with Gasteiger partial charge >= 0.3 is 16.2 Å². The van der Waals surface area contributed by atoms with Gasteiger partial charge in [-0.05, 0) is 38.5 Å². The standard InChI is InChI=1S/C11H13FO4S/c1-7(2)16-11(13)10-6-9(17(12,14)15)5-4-8(10)3/h4-7H,1-3H3. The lowest BCUT2D eigenvalue weighted by molar-refractivity contribution is 0.0377. The number of benzene rings is 1. The van der Waals surface area contributed by atoms with Crippen molar-refractivity contribution < 1.29 is 21.8 Å². The molecule has 0 N–H and O–H groups in total. The summed E-state index contributed by atoms with van der Waals surface area (Å²) < 4.78 is 39.2. The highest BCUT2D eigenvalue weighted by molar-refractivity contribution is 7.86. The molecule has 0 heterocycles. The highest BCUT2D eigenvalue weighted by atomic mass is 32.3. The van der Waals surface area contributed by atoms with Gasteiger partial charge in [-0.25, -0.2) is 4.79 Å². The third-order valence-electron chi connectivity index (χ3n) is 2.05. The largest absolute Gasteiger partial charge is 0.459 e. The van der Waals surface area contributed by atoms with E-state index in [0.717, 1.165) is 12.1 Å². The Labute approximate surface area is 99.6 Å². The molecule has 0 amide bonds. The second-order valence-electron chi connectivity index (χ2n) is 3.87. The molecule has 0 bridgehead atoms. The van der Waals surface area contributed by atoms with Crippen LogP contribution in [0.15, 0.2) is 23.1 Å². The average Bonchev–Trinajstić information content (AvgIpc) is 2.15. The normalized spacial score (nSPS) is 11.6. The van der Waals surface area contributed by atoms with E-state index >= 15 is 0 Å². The summed E-state index contributed by atoms with van der Waals surface area (Å²) in [7, 11) is -4.81. The number of hydrogen-bond donors (Lipinski definition) is 0. The first-order chi connectivity index (χ1) is 7.71. The van der Waals surface area contributed by atoms with Crippen LogP contribution in [-0.4, -0.2) is 20.5 Å². The van der Waals surface area contributed by atoms with Gasteiger partial charge in [-0.2, -0.15) is 8.42 Å². The third kappa shape index (κ3) is 3.52. The molecule has 0 spiro atoms. The van der Waals surface area contributed by atoms with Crippen LogP contribution in [0.2, 0.25) is 0 Å². The molecule has 0 saturated carbocycles. The minimum Gasteiger partial charge on any atom is -0.459 e. The first-order valence-corrected chi connectivity index (χ1v) is 6.36. The zero-order valence-corrected chi connectivity index (χ0v) is 10.5. The molecule has 0 aliphatic carbocycles. The molecule has 0 radical (unpaired) electrons. The minimum absolute atomic E-state index is 0.0532. The molecule has 0 atom stereocenters. The van der Waals surface area contributed by atoms with Gasteiger partial charge in [-0.3, -0.25) is 0 Å². The highest BCUT2D eigenvalue weighted by Gasteiger charge is 2.18. The van der Waals surface area contributed by atoms with E-state index in [1.165, 1.54) is 6.07 Å². The van der Waals surface area contributed by atoms with Gasteiger partial charge in [0, 0.05) is 0 Å². The van der Waals surface area contributed by atoms with Crippen LogP contribution in [0.4, 0.5) is 3.89 Å². The van der Waals surface area contributed by atoms with E-state index in [1.807, 2.05) is 0 Å². The van der Waals surface area contributed by atoms with E-state index in [-0.39, 0.29) is 11.7 Å². The lowest BCUT2D eigenvalue weighted by Crippen LogP contribution is -2.13. The van der Waals surface area contributed by atoms with Crippen molar-refractivity contribution >= 4 is 16.2 Å². The molecule has 0 saturated heterocycles. The molecule has 0 unspecified atom stereocenters. The molecular weight excluding hydrogens is 247 g/mol. The maximum absolute atomic E-state index is 12.8. The minimum atomic E-state index is -4.81. The number of carbonyl (C=O) groups is 1. The van der Waals surface area contributed by atoms with Crippen molar-refractivity contribution in [1.82, 2.24) is 0 Å². The molecule has 1 aromatic rings. The smallest absolute Gasteiger partial charge is 0.338 e. The molecule has 0 aromatic heterocycles. The summed E-state index contributed by atoms with van der Waals surface area (Å²) in [5.41, 5.74) is 0.584. The molecule has 4 nitrogen and oxygen atoms in total. The van der Waals surface area contributed by atoms with Crippen LogP contribution in [0.1, 0.15) is 29.8 Å². The lowest BCUT2D eigenvalue weighted by Gasteiger charge is -2.10. The van der Waals surface area contributed by atoms with Crippen molar-refractivity contribution in [3.8, 4) is 0 Å². The first-order valence-electron chi connectivity index (χ1n) is 4.98. The number of hydrogen-bond acceptors (Lipinski definition) is 4. The van der Waals surface area contributed by atoms with Crippen LogP contribution in [0, 0.1) is 6.92 Å². The van der Waals surface area contributed by atoms with E-state index < -0.39 is 21.1 Å². The van der Waals surface area contributed by atoms with Gasteiger partial charge in [0.2, 0.25) is 0 Å². The molecule has 6 heteroatoms. The second-order valence-corrected chi connectivity index (χ2v) is 5.22. The number of halogens is 1. The van der Waals surface area contributed by atoms with E-state index in [1.54, 1.807) is 20.8 Å². The number of aryl methyl sites for hydroxylation is 1. The molecule has 0 aliphatic rings. The van der Waals surface area contributed by atoms with Crippen molar-refractivity contribution in [2.45, 2.75) is 31.8 Å². The van der Waals surface area contributed by atoms with Crippen molar-refractivity contribution in [3.63, 3.8) is 0 Å². The Bertz CT molecular complexity index is 534. The van der Waals surface area contributed by atoms with Crippen molar-refractivity contribution in [2.75, 3.05) is 0 Å². The van der Waals surface area contributed by atoms with Crippen LogP contribution in [0.5, 0.6) is 0 Å². The Morgan fingerprint density at radius 2 is 1.94 bits per heavy atom. The molecule has 1 rings (SSSR count). The quantitative estimate of drug-likeness (QED) is 0.617. The number of rotatable bonds is 3. The monoisotopic (exact) mass is 260 g/mol. The molecule has 94 valence electrons. The number of ether oxygens (including phenoxy) is 1. The maximum atomic E-state index is 12.8. The number of carbonyl (C=O) groups excluding carboxylic acids is 1. The fraction of sp³-hybridized carbons (Fsp3) is 0.364. The maximum Gasteiger partial charge on any atom is 0.338 e. The zero-order valence-electron chi connectivity index (χ0n) is 9.73. The Hall–Kier alpha value is -1.43. The van der Waals surface area contributed by atoms with Crippen LogP contribution in [0.25, 0.3) is 0 Å². The SMILES string of the molecule is Cc1ccc(S(=O)(=O)F)cc1C(=O)OC(C)C. The van der Waals surface area contributed by atoms with Gasteiger partial charge in [-0.1, -0.05) is 6.07 Å². The van der Waals surface area contributed by atoms with Gasteiger partial charge in [-0.15, -0.1) is 3.89 Å². The van der Waals surface area contributed by atoms with Crippen LogP contribution in [-0.2, 0) is 15.0 Å². The Balaban J connectivity index is 3.20. The zero-order chi connectivity index (χ0) is 13.2. The van der Waals surface area contributed by atoms with E-state index in [2.05, 4.69) is 0 Å². The topological polar surface area (TPSA) is 60.4 Å². The van der Waals surface area contributed by atoms with Crippen molar-refractivity contribution in [3.05, 3.63) is 29.3 Å². The molecule has 0 fully saturated rings. The van der Waals surface area contributed by atoms with Crippen molar-refractivity contribution in [2.24, 2.45) is 0 Å². The molecule has 1 aromatic carbocycles.